The van der Waals surface area contributed by atoms with Gasteiger partial charge in [-0.2, -0.15) is 0 Å². The van der Waals surface area contributed by atoms with E-state index in [-0.39, 0.29) is 100 Å². The first-order chi connectivity index (χ1) is 19.6. The van der Waals surface area contributed by atoms with Gasteiger partial charge in [0, 0.05) is 22.2 Å². The predicted molar refractivity (Wildman–Crippen MR) is 161 cm³/mol. The zero-order valence-electron chi connectivity index (χ0n) is 24.8. The quantitative estimate of drug-likeness (QED) is 0.0996. The molecule has 0 aliphatic carbocycles. The fourth-order valence-corrected chi connectivity index (χ4v) is 4.81. The van der Waals surface area contributed by atoms with Crippen LogP contribution in [0.1, 0.15) is 6.92 Å². The van der Waals surface area contributed by atoms with E-state index >= 15 is 0 Å². The van der Waals surface area contributed by atoms with Gasteiger partial charge in [-0.1, -0.05) is 101 Å². The van der Waals surface area contributed by atoms with Crippen LogP contribution in [0.15, 0.2) is 126 Å². The van der Waals surface area contributed by atoms with Crippen LogP contribution in [0.3, 0.4) is 0 Å². The van der Waals surface area contributed by atoms with E-state index in [1.807, 2.05) is 84.9 Å². The minimum Gasteiger partial charge on any atom is -0.780 e. The van der Waals surface area contributed by atoms with E-state index in [4.69, 9.17) is 4.74 Å². The average molecular weight is 700 g/mol. The number of rotatable bonds is 3. The fraction of sp³-hybridized carbons (Fsp3) is 0.0312. The van der Waals surface area contributed by atoms with E-state index in [1.165, 1.54) is 13.0 Å². The first-order valence-electron chi connectivity index (χ1n) is 12.3. The molecule has 0 saturated carbocycles. The van der Waals surface area contributed by atoms with E-state index in [1.54, 1.807) is 30.3 Å². The van der Waals surface area contributed by atoms with Crippen LogP contribution in [-0.4, -0.2) is 11.1 Å². The normalized spacial score (nSPS) is 10.0. The predicted octanol–water partition coefficient (Wildman–Crippen LogP) is -1.87. The number of phosphoric ester groups is 1. The zero-order valence-corrected chi connectivity index (χ0v) is 33.2. The molecule has 0 fully saturated rings. The van der Waals surface area contributed by atoms with Gasteiger partial charge in [0.1, 0.15) is 25.1 Å². The number of carbonyl (C=O) groups is 1. The molecule has 0 bridgehead atoms. The van der Waals surface area contributed by atoms with E-state index < -0.39 is 7.82 Å². The van der Waals surface area contributed by atoms with Gasteiger partial charge in [0.2, 0.25) is 0 Å². The van der Waals surface area contributed by atoms with Crippen molar-refractivity contribution < 1.29 is 122 Å². The summed E-state index contributed by atoms with van der Waals surface area (Å²) in [5, 5.41) is 15.0. The number of fused-ring (bicyclic) bond motifs is 3. The van der Waals surface area contributed by atoms with Crippen molar-refractivity contribution in [3.8, 4) is 17.2 Å². The van der Waals surface area contributed by atoms with Gasteiger partial charge in [-0.05, 0) is 57.9 Å². The van der Waals surface area contributed by atoms with E-state index in [2.05, 4.69) is 20.5 Å². The summed E-state index contributed by atoms with van der Waals surface area (Å²) in [4.78, 5) is 31.8. The van der Waals surface area contributed by atoms with Gasteiger partial charge < -0.3 is 28.7 Å². The smallest absolute Gasteiger partial charge is 0.780 e. The van der Waals surface area contributed by atoms with Gasteiger partial charge in [0.15, 0.2) is 0 Å². The topological polar surface area (TPSA) is 119 Å². The Morgan fingerprint density at radius 2 is 1.20 bits per heavy atom. The van der Waals surface area contributed by atoms with Gasteiger partial charge in [0.05, 0.1) is 0 Å². The van der Waals surface area contributed by atoms with Crippen LogP contribution < -0.4 is 108 Å². The zero-order chi connectivity index (χ0) is 29.4. The fourth-order valence-electron chi connectivity index (χ4n) is 4.03. The summed E-state index contributed by atoms with van der Waals surface area (Å²) >= 11 is 3.41. The third-order valence-electron chi connectivity index (χ3n) is 5.76. The van der Waals surface area contributed by atoms with Gasteiger partial charge >= 0.3 is 94.6 Å². The molecule has 1 N–H and O–H groups in total. The minimum atomic E-state index is -4.99. The number of hydrogen-bond acceptors (Lipinski definition) is 7. The van der Waals surface area contributed by atoms with Crippen molar-refractivity contribution in [3.63, 3.8) is 0 Å². The summed E-state index contributed by atoms with van der Waals surface area (Å²) in [6.45, 7) is 1.39. The van der Waals surface area contributed by atoms with Gasteiger partial charge in [0.25, 0.3) is 0 Å². The summed E-state index contributed by atoms with van der Waals surface area (Å²) in [7, 11) is -4.99. The van der Waals surface area contributed by atoms with Crippen molar-refractivity contribution in [1.82, 2.24) is 0 Å². The number of aromatic hydroxyl groups is 1. The van der Waals surface area contributed by atoms with Crippen LogP contribution in [-0.2, 0) is 9.36 Å². The Hall–Kier alpha value is -1.20. The van der Waals surface area contributed by atoms with Gasteiger partial charge in [-0.25, -0.2) is 0 Å². The first-order valence-corrected chi connectivity index (χ1v) is 14.6. The monoisotopic (exact) mass is 699 g/mol. The second-order valence-electron chi connectivity index (χ2n) is 8.76. The standard InChI is InChI=1S/C12H9BrO2.C10H9O4P.C10H8O.3Na/c1-8(14)15-12-5-3-9-6-11(13)4-2-10(9)7-12;11-15(12,13)14-10-7-3-5-8-4-1-2-6-9(8)10;11-10-7-3-5-8-4-1-2-6-9(8)10;;;/h2-7H,1H3;1-7H,(H2,11,12,13);1-7,11H;;;/q;;;3*+1/p-2. The Labute approximate surface area is 330 Å². The number of hydrogen-bond donors (Lipinski definition) is 1. The first kappa shape index (κ1) is 40.8. The molecule has 208 valence electrons. The molecular formula is C32H24BrNa3O7P+. The molecule has 0 amide bonds. The maximum atomic E-state index is 10.8. The Balaban J connectivity index is 0.000000323. The maximum Gasteiger partial charge on any atom is 1.00 e. The van der Waals surface area contributed by atoms with Crippen molar-refractivity contribution >= 4 is 62.0 Å². The number of phenolic OH excluding ortho intramolecular Hbond substituents is 1. The number of phosphoric acid groups is 1. The molecule has 7 nitrogen and oxygen atoms in total. The average Bonchev–Trinajstić information content (AvgIpc) is 2.93. The van der Waals surface area contributed by atoms with E-state index in [0.717, 1.165) is 31.4 Å². The number of benzene rings is 6. The van der Waals surface area contributed by atoms with E-state index in [0.29, 0.717) is 16.9 Å². The summed E-state index contributed by atoms with van der Waals surface area (Å²) < 4.78 is 20.9. The van der Waals surface area contributed by atoms with Crippen molar-refractivity contribution in [2.75, 3.05) is 0 Å². The molecule has 6 aromatic carbocycles. The second-order valence-corrected chi connectivity index (χ2v) is 10.8. The van der Waals surface area contributed by atoms with Crippen LogP contribution >= 0.6 is 23.8 Å². The molecule has 0 aliphatic rings. The Morgan fingerprint density at radius 3 is 1.82 bits per heavy atom. The number of ether oxygens (including phenoxy) is 1. The molecule has 6 rings (SSSR count). The number of halogens is 1. The number of esters is 1. The molecule has 0 heterocycles. The van der Waals surface area contributed by atoms with Crippen LogP contribution in [0.4, 0.5) is 0 Å². The second kappa shape index (κ2) is 19.5. The molecule has 0 atom stereocenters. The molecule has 0 unspecified atom stereocenters. The summed E-state index contributed by atoms with van der Waals surface area (Å²) in [5.74, 6) is 0.702. The summed E-state index contributed by atoms with van der Waals surface area (Å²) in [6.07, 6.45) is 0. The largest absolute Gasteiger partial charge is 1.00 e. The van der Waals surface area contributed by atoms with Gasteiger partial charge in [-0.3, -0.25) is 4.79 Å². The SMILES string of the molecule is CC(=O)Oc1ccc2cc(Br)ccc2c1.O=P([O-])([O-])Oc1cccc2ccccc12.Oc1cccc2ccccc12.[Na+].[Na+].[Na+]. The van der Waals surface area contributed by atoms with Crippen molar-refractivity contribution in [1.29, 1.82) is 0 Å². The molecular weight excluding hydrogens is 676 g/mol. The van der Waals surface area contributed by atoms with Crippen molar-refractivity contribution in [2.24, 2.45) is 0 Å². The van der Waals surface area contributed by atoms with Crippen LogP contribution in [0.2, 0.25) is 0 Å². The van der Waals surface area contributed by atoms with Gasteiger partial charge in [-0.15, -0.1) is 0 Å². The summed E-state index contributed by atoms with van der Waals surface area (Å²) in [6, 6.07) is 36.8. The molecule has 6 aromatic rings. The molecule has 0 saturated heterocycles. The third-order valence-corrected chi connectivity index (χ3v) is 6.68. The van der Waals surface area contributed by atoms with E-state index in [9.17, 15) is 24.3 Å². The Bertz CT molecular complexity index is 1870. The Kier molecular flexibility index (Phi) is 18.1. The van der Waals surface area contributed by atoms with Crippen molar-refractivity contribution in [3.05, 3.63) is 126 Å². The molecule has 0 spiro atoms. The minimum absolute atomic E-state index is 0. The molecule has 12 heteroatoms. The molecule has 0 radical (unpaired) electrons. The van der Waals surface area contributed by atoms with Crippen LogP contribution in [0.5, 0.6) is 17.2 Å². The van der Waals surface area contributed by atoms with Crippen LogP contribution in [0, 0.1) is 0 Å². The third kappa shape index (κ3) is 12.5. The van der Waals surface area contributed by atoms with Crippen molar-refractivity contribution in [2.45, 2.75) is 6.92 Å². The molecule has 0 aliphatic heterocycles. The summed E-state index contributed by atoms with van der Waals surface area (Å²) in [5.41, 5.74) is 0. The number of phenols is 1. The maximum absolute atomic E-state index is 10.8. The van der Waals surface area contributed by atoms with Crippen LogP contribution in [0.25, 0.3) is 32.3 Å². The Morgan fingerprint density at radius 1 is 0.682 bits per heavy atom. The molecule has 0 aromatic heterocycles. The molecule has 44 heavy (non-hydrogen) atoms. The number of carbonyl (C=O) groups excluding carboxylic acids is 1.